The number of hydrogen-bond donors (Lipinski definition) is 0. The molecule has 0 unspecified atom stereocenters. The van der Waals surface area contributed by atoms with Crippen LogP contribution in [-0.4, -0.2) is 5.97 Å². The maximum Gasteiger partial charge on any atom is 0.375 e. The summed E-state index contributed by atoms with van der Waals surface area (Å²) in [7, 11) is -2.53. The van der Waals surface area contributed by atoms with Gasteiger partial charge < -0.3 is 9.32 Å². The first kappa shape index (κ1) is 8.38. The molecule has 0 N–H and O–H groups in total. The maximum atomic E-state index is 9.97. The summed E-state index contributed by atoms with van der Waals surface area (Å²) in [4.78, 5) is 13.5. The molecule has 0 aromatic heterocycles. The summed E-state index contributed by atoms with van der Waals surface area (Å²) in [6, 6.07) is 0. The van der Waals surface area contributed by atoms with E-state index in [4.69, 9.17) is 0 Å². The van der Waals surface area contributed by atoms with Crippen LogP contribution < -0.4 is 9.32 Å². The molecule has 0 spiro atoms. The molecule has 0 saturated heterocycles. The average Bonchev–Trinajstić information content (AvgIpc) is 1.83. The van der Waals surface area contributed by atoms with Gasteiger partial charge in [-0.15, -0.1) is 0 Å². The first-order valence-corrected chi connectivity index (χ1v) is 2.66. The fourth-order valence-electron chi connectivity index (χ4n) is 0.0908. The molecule has 52 valence electrons. The third-order valence-corrected chi connectivity index (χ3v) is 0.498. The third kappa shape index (κ3) is 5.25. The molecule has 0 aliphatic rings. The maximum absolute atomic E-state index is 9.97. The van der Waals surface area contributed by atoms with Gasteiger partial charge in [-0.25, -0.2) is 9.68 Å². The second-order valence-corrected chi connectivity index (χ2v) is 1.36. The van der Waals surface area contributed by atoms with Crippen LogP contribution in [0.1, 0.15) is 0 Å². The van der Waals surface area contributed by atoms with Gasteiger partial charge in [-0.3, -0.25) is 0 Å². The zero-order valence-electron chi connectivity index (χ0n) is 4.20. The van der Waals surface area contributed by atoms with Crippen LogP contribution in [0.15, 0.2) is 12.7 Å². The Kier molecular flexibility index (Phi) is 3.98. The lowest BCUT2D eigenvalue weighted by molar-refractivity contribution is -1.64. The normalized spacial score (nSPS) is 9.22. The van der Waals surface area contributed by atoms with Crippen LogP contribution in [0.5, 0.6) is 0 Å². The minimum absolute atomic E-state index is 0.765. The van der Waals surface area contributed by atoms with Gasteiger partial charge in [-0.05, 0) is 0 Å². The molecule has 0 aliphatic carbocycles. The zero-order valence-corrected chi connectivity index (χ0v) is 4.96. The molecule has 0 aromatic rings. The molecule has 0 rings (SSSR count). The van der Waals surface area contributed by atoms with Gasteiger partial charge in [0.25, 0.3) is 4.44 Å². The highest BCUT2D eigenvalue weighted by molar-refractivity contribution is 5.80. The van der Waals surface area contributed by atoms with Crippen LogP contribution in [0.4, 0.5) is 0 Å². The minimum Gasteiger partial charge on any atom is -0.317 e. The lowest BCUT2D eigenvalue weighted by Crippen LogP contribution is -2.34. The lowest BCUT2D eigenvalue weighted by Gasteiger charge is -1.88. The highest BCUT2D eigenvalue weighted by Gasteiger charge is 2.11. The average molecular weight is 155 g/mol. The molecule has 0 radical (unpaired) electrons. The topological polar surface area (TPSA) is 81.7 Å². The molecule has 0 saturated carbocycles. The molecule has 0 heterocycles. The minimum atomic E-state index is -2.53. The van der Waals surface area contributed by atoms with Crippen molar-refractivity contribution in [1.82, 2.24) is 0 Å². The molecule has 5 nitrogen and oxygen atoms in total. The van der Waals surface area contributed by atoms with Crippen LogP contribution >= 0.6 is 0 Å². The first-order valence-electron chi connectivity index (χ1n) is 1.73. The third-order valence-electron chi connectivity index (χ3n) is 0.332. The van der Waals surface area contributed by atoms with Crippen LogP contribution in [0.25, 0.3) is 0 Å². The van der Waals surface area contributed by atoms with Gasteiger partial charge in [-0.2, -0.15) is 0 Å². The van der Waals surface area contributed by atoms with E-state index in [1.165, 1.54) is 0 Å². The van der Waals surface area contributed by atoms with E-state index in [0.29, 0.717) is 0 Å². The molecule has 0 fully saturated rings. The second kappa shape index (κ2) is 4.28. The van der Waals surface area contributed by atoms with E-state index in [1.54, 1.807) is 0 Å². The molecular weight excluding hydrogens is 151 g/mol. The van der Waals surface area contributed by atoms with Gasteiger partial charge in [-0.1, -0.05) is 6.58 Å². The summed E-state index contributed by atoms with van der Waals surface area (Å²) in [5, 5.41) is 0. The Morgan fingerprint density at radius 1 is 1.67 bits per heavy atom. The molecule has 6 heteroatoms. The summed E-state index contributed by atoms with van der Waals surface area (Å²) in [5.74, 6) is -0.968. The first-order chi connectivity index (χ1) is 4.16. The van der Waals surface area contributed by atoms with Crippen LogP contribution in [0.2, 0.25) is 0 Å². The van der Waals surface area contributed by atoms with Gasteiger partial charge in [0.1, 0.15) is 0 Å². The highest BCUT2D eigenvalue weighted by Crippen LogP contribution is 1.82. The van der Waals surface area contributed by atoms with Crippen molar-refractivity contribution in [3.8, 4) is 0 Å². The van der Waals surface area contributed by atoms with Gasteiger partial charge in [0.15, 0.2) is 0 Å². The largest absolute Gasteiger partial charge is 0.375 e. The van der Waals surface area contributed by atoms with E-state index < -0.39 is 16.8 Å². The van der Waals surface area contributed by atoms with Gasteiger partial charge >= 0.3 is 16.8 Å². The standard InChI is InChI=1S/C3H3ClO5/c1-2-3(5)8-9-4(6)7/h2H,1H2. The molecular formula is C3H3ClO5. The van der Waals surface area contributed by atoms with E-state index in [0.717, 1.165) is 6.08 Å². The summed E-state index contributed by atoms with van der Waals surface area (Å²) >= 11 is 0. The summed E-state index contributed by atoms with van der Waals surface area (Å²) in [6.07, 6.45) is 0.765. The van der Waals surface area contributed by atoms with E-state index in [9.17, 15) is 14.1 Å². The number of carbonyl (C=O) groups is 1. The van der Waals surface area contributed by atoms with Crippen molar-refractivity contribution in [2.45, 2.75) is 0 Å². The Bertz CT molecular complexity index is 111. The van der Waals surface area contributed by atoms with Crippen molar-refractivity contribution in [2.24, 2.45) is 0 Å². The molecule has 0 bridgehead atoms. The molecule has 0 aromatic carbocycles. The number of hydrogen-bond acceptors (Lipinski definition) is 5. The Morgan fingerprint density at radius 2 is 2.22 bits per heavy atom. The van der Waals surface area contributed by atoms with Crippen molar-refractivity contribution in [3.05, 3.63) is 12.7 Å². The zero-order chi connectivity index (χ0) is 7.28. The Balaban J connectivity index is 3.27. The predicted molar refractivity (Wildman–Crippen MR) is 17.4 cm³/mol. The second-order valence-electron chi connectivity index (χ2n) is 0.858. The van der Waals surface area contributed by atoms with E-state index in [2.05, 4.69) is 15.9 Å². The van der Waals surface area contributed by atoms with Crippen LogP contribution in [-0.2, 0) is 14.1 Å². The van der Waals surface area contributed by atoms with Gasteiger partial charge in [0, 0.05) is 6.08 Å². The SMILES string of the molecule is C=CC(=O)OO[Cl+2]([O-])[O-]. The van der Waals surface area contributed by atoms with E-state index >= 15 is 0 Å². The van der Waals surface area contributed by atoms with E-state index in [-0.39, 0.29) is 0 Å². The van der Waals surface area contributed by atoms with Crippen LogP contribution in [0.3, 0.4) is 0 Å². The van der Waals surface area contributed by atoms with Gasteiger partial charge in [0.2, 0.25) is 0 Å². The lowest BCUT2D eigenvalue weighted by atomic mass is 10.7. The summed E-state index contributed by atoms with van der Waals surface area (Å²) < 4.78 is 22.3. The van der Waals surface area contributed by atoms with Crippen molar-refractivity contribution in [1.29, 1.82) is 0 Å². The monoisotopic (exact) mass is 154 g/mol. The number of halogens is 1. The molecule has 0 amide bonds. The molecule has 0 atom stereocenters. The molecule has 9 heavy (non-hydrogen) atoms. The van der Waals surface area contributed by atoms with Crippen molar-refractivity contribution >= 4 is 5.97 Å². The van der Waals surface area contributed by atoms with E-state index in [1.807, 2.05) is 0 Å². The fourth-order valence-corrected chi connectivity index (χ4v) is 0.204. The fraction of sp³-hybridized carbons (Fsp3) is 0. The summed E-state index contributed by atoms with van der Waals surface area (Å²) in [5.41, 5.74) is 0. The molecule has 0 aliphatic heterocycles. The Labute approximate surface area is 53.8 Å². The summed E-state index contributed by atoms with van der Waals surface area (Å²) in [6.45, 7) is 2.98. The highest BCUT2D eigenvalue weighted by atomic mass is 35.6. The quantitative estimate of drug-likeness (QED) is 0.260. The number of rotatable bonds is 3. The Hall–Kier alpha value is -0.620. The number of carbonyl (C=O) groups excluding carboxylic acids is 1. The van der Waals surface area contributed by atoms with Crippen molar-refractivity contribution in [2.75, 3.05) is 0 Å². The van der Waals surface area contributed by atoms with Crippen molar-refractivity contribution < 1.29 is 34.2 Å². The van der Waals surface area contributed by atoms with Crippen molar-refractivity contribution in [3.63, 3.8) is 0 Å². The predicted octanol–water partition coefficient (Wildman–Crippen LogP) is -2.27. The Morgan fingerprint density at radius 3 is 2.56 bits per heavy atom. The smallest absolute Gasteiger partial charge is 0.317 e. The van der Waals surface area contributed by atoms with Gasteiger partial charge in [0.05, 0.1) is 0 Å². The van der Waals surface area contributed by atoms with Crippen LogP contribution in [0, 0.1) is 10.8 Å².